The molecule has 0 aliphatic heterocycles. The Bertz CT molecular complexity index is 2240. The summed E-state index contributed by atoms with van der Waals surface area (Å²) in [7, 11) is 0. The highest BCUT2D eigenvalue weighted by molar-refractivity contribution is 5.94. The van der Waals surface area contributed by atoms with Crippen molar-refractivity contribution >= 4 is 34.0 Å². The number of rotatable bonds is 6. The van der Waals surface area contributed by atoms with Gasteiger partial charge in [-0.15, -0.1) is 0 Å². The van der Waals surface area contributed by atoms with E-state index in [2.05, 4.69) is 145 Å². The summed E-state index contributed by atoms with van der Waals surface area (Å²) in [5.74, 6) is 0.964. The molecule has 5 aromatic carbocycles. The summed E-state index contributed by atoms with van der Waals surface area (Å²) in [6.45, 7) is 12.2. The SMILES string of the molecule is C/C=C\c1oc2ccc(-c3ccc(-c4ccc5c6c(n(-c7cccc(-c8ccccc8)c7)c5c4)C=CCC6)cc3)cc2c1CC.CC.CC. The molecule has 0 saturated heterocycles. The molecular weight excluding hydrogens is 595 g/mol. The lowest BCUT2D eigenvalue weighted by Gasteiger charge is -2.14. The van der Waals surface area contributed by atoms with E-state index in [-0.39, 0.29) is 0 Å². The number of furan rings is 1. The molecule has 0 radical (unpaired) electrons. The first kappa shape index (κ1) is 33.6. The van der Waals surface area contributed by atoms with Crippen molar-refractivity contribution in [2.45, 2.75) is 60.8 Å². The van der Waals surface area contributed by atoms with Gasteiger partial charge in [-0.2, -0.15) is 0 Å². The third-order valence-electron chi connectivity index (χ3n) is 9.21. The van der Waals surface area contributed by atoms with Gasteiger partial charge in [0.25, 0.3) is 0 Å². The number of allylic oxidation sites excluding steroid dienone is 2. The first-order valence-corrected chi connectivity index (χ1v) is 18.0. The summed E-state index contributed by atoms with van der Waals surface area (Å²) in [6, 6.07) is 42.1. The molecule has 0 N–H and O–H groups in total. The molecule has 0 amide bonds. The van der Waals surface area contributed by atoms with E-state index in [1.54, 1.807) is 0 Å². The van der Waals surface area contributed by atoms with Crippen molar-refractivity contribution in [3.05, 3.63) is 150 Å². The fourth-order valence-electron chi connectivity index (χ4n) is 7.00. The molecule has 8 rings (SSSR count). The summed E-state index contributed by atoms with van der Waals surface area (Å²) in [4.78, 5) is 0. The van der Waals surface area contributed by atoms with E-state index in [1.807, 2.05) is 40.7 Å². The lowest BCUT2D eigenvalue weighted by Crippen LogP contribution is -2.00. The normalized spacial score (nSPS) is 12.0. The van der Waals surface area contributed by atoms with E-state index in [4.69, 9.17) is 4.42 Å². The van der Waals surface area contributed by atoms with Crippen LogP contribution in [0.4, 0.5) is 0 Å². The van der Waals surface area contributed by atoms with Crippen LogP contribution in [0.1, 0.15) is 70.5 Å². The van der Waals surface area contributed by atoms with E-state index in [0.717, 1.165) is 30.6 Å². The highest BCUT2D eigenvalue weighted by atomic mass is 16.3. The molecular formula is C47H47NO. The number of hydrogen-bond donors (Lipinski definition) is 0. The van der Waals surface area contributed by atoms with Crippen molar-refractivity contribution in [3.63, 3.8) is 0 Å². The minimum absolute atomic E-state index is 0.940. The Morgan fingerprint density at radius 1 is 0.653 bits per heavy atom. The molecule has 0 fully saturated rings. The average molecular weight is 642 g/mol. The number of hydrogen-bond acceptors (Lipinski definition) is 1. The van der Waals surface area contributed by atoms with Crippen LogP contribution >= 0.6 is 0 Å². The highest BCUT2D eigenvalue weighted by Gasteiger charge is 2.19. The first-order chi connectivity index (χ1) is 24.2. The van der Waals surface area contributed by atoms with Gasteiger partial charge in [-0.3, -0.25) is 0 Å². The number of aryl methyl sites for hydroxylation is 2. The Morgan fingerprint density at radius 3 is 2.00 bits per heavy atom. The van der Waals surface area contributed by atoms with Gasteiger partial charge < -0.3 is 8.98 Å². The van der Waals surface area contributed by atoms with E-state index >= 15 is 0 Å². The van der Waals surface area contributed by atoms with Crippen LogP contribution in [-0.2, 0) is 12.8 Å². The quantitative estimate of drug-likeness (QED) is 0.177. The molecule has 0 spiro atoms. The topological polar surface area (TPSA) is 18.1 Å². The van der Waals surface area contributed by atoms with Gasteiger partial charge in [0.15, 0.2) is 0 Å². The fraction of sp³-hybridized carbons (Fsp3) is 0.191. The van der Waals surface area contributed by atoms with Gasteiger partial charge in [-0.25, -0.2) is 0 Å². The average Bonchev–Trinajstić information content (AvgIpc) is 3.71. The Kier molecular flexibility index (Phi) is 10.4. The zero-order chi connectivity index (χ0) is 34.3. The molecule has 7 aromatic rings. The van der Waals surface area contributed by atoms with Crippen LogP contribution in [0.2, 0.25) is 0 Å². The van der Waals surface area contributed by atoms with Crippen molar-refractivity contribution in [1.29, 1.82) is 0 Å². The molecule has 0 saturated carbocycles. The zero-order valence-corrected chi connectivity index (χ0v) is 29.8. The van der Waals surface area contributed by atoms with E-state index in [1.165, 1.54) is 72.2 Å². The van der Waals surface area contributed by atoms with Crippen molar-refractivity contribution in [2.24, 2.45) is 0 Å². The second-order valence-electron chi connectivity index (χ2n) is 11.9. The molecule has 1 aliphatic carbocycles. The maximum atomic E-state index is 6.14. The van der Waals surface area contributed by atoms with E-state index in [9.17, 15) is 0 Å². The lowest BCUT2D eigenvalue weighted by molar-refractivity contribution is 0.599. The summed E-state index contributed by atoms with van der Waals surface area (Å²) in [6.07, 6.45) is 11.8. The van der Waals surface area contributed by atoms with Gasteiger partial charge in [0.05, 0.1) is 5.52 Å². The second-order valence-corrected chi connectivity index (χ2v) is 11.9. The Morgan fingerprint density at radius 2 is 1.29 bits per heavy atom. The van der Waals surface area contributed by atoms with Crippen LogP contribution in [0.3, 0.4) is 0 Å². The maximum Gasteiger partial charge on any atom is 0.135 e. The molecule has 2 aromatic heterocycles. The van der Waals surface area contributed by atoms with Crippen LogP contribution in [0, 0.1) is 0 Å². The van der Waals surface area contributed by atoms with Crippen molar-refractivity contribution in [1.82, 2.24) is 4.57 Å². The van der Waals surface area contributed by atoms with Crippen molar-refractivity contribution in [2.75, 3.05) is 0 Å². The summed E-state index contributed by atoms with van der Waals surface area (Å²) < 4.78 is 8.60. The highest BCUT2D eigenvalue weighted by Crippen LogP contribution is 2.38. The maximum absolute atomic E-state index is 6.14. The molecule has 0 atom stereocenters. The number of fused-ring (bicyclic) bond motifs is 4. The van der Waals surface area contributed by atoms with Gasteiger partial charge in [-0.05, 0) is 108 Å². The van der Waals surface area contributed by atoms with Gasteiger partial charge in [-0.1, -0.05) is 132 Å². The predicted molar refractivity (Wildman–Crippen MR) is 213 cm³/mol. The summed E-state index contributed by atoms with van der Waals surface area (Å²) in [5, 5.41) is 2.55. The van der Waals surface area contributed by atoms with Gasteiger partial charge in [0.1, 0.15) is 11.3 Å². The second kappa shape index (κ2) is 15.3. The number of aromatic nitrogens is 1. The number of nitrogens with zero attached hydrogens (tertiary/aromatic N) is 1. The molecule has 246 valence electrons. The van der Waals surface area contributed by atoms with Crippen LogP contribution in [0.5, 0.6) is 0 Å². The lowest BCUT2D eigenvalue weighted by atomic mass is 9.97. The third kappa shape index (κ3) is 6.44. The first-order valence-electron chi connectivity index (χ1n) is 18.0. The fourth-order valence-corrected chi connectivity index (χ4v) is 7.00. The minimum atomic E-state index is 0.940. The summed E-state index contributed by atoms with van der Waals surface area (Å²) in [5.41, 5.74) is 14.7. The predicted octanol–water partition coefficient (Wildman–Crippen LogP) is 14.0. The monoisotopic (exact) mass is 641 g/mol. The Labute approximate surface area is 292 Å². The van der Waals surface area contributed by atoms with Crippen LogP contribution < -0.4 is 0 Å². The Hall–Kier alpha value is -5.34. The minimum Gasteiger partial charge on any atom is -0.456 e. The third-order valence-corrected chi connectivity index (χ3v) is 9.21. The van der Waals surface area contributed by atoms with Gasteiger partial charge >= 0.3 is 0 Å². The smallest absolute Gasteiger partial charge is 0.135 e. The Balaban J connectivity index is 0.00000101. The van der Waals surface area contributed by atoms with Gasteiger partial charge in [0, 0.05) is 27.7 Å². The van der Waals surface area contributed by atoms with Crippen LogP contribution in [0.25, 0.3) is 73.1 Å². The molecule has 0 bridgehead atoms. The van der Waals surface area contributed by atoms with Crippen molar-refractivity contribution in [3.8, 4) is 39.1 Å². The zero-order valence-electron chi connectivity index (χ0n) is 29.8. The molecule has 2 heterocycles. The molecule has 2 nitrogen and oxygen atoms in total. The van der Waals surface area contributed by atoms with Crippen LogP contribution in [0.15, 0.2) is 132 Å². The van der Waals surface area contributed by atoms with Gasteiger partial charge in [0.2, 0.25) is 0 Å². The molecule has 0 unspecified atom stereocenters. The number of benzene rings is 5. The molecule has 2 heteroatoms. The van der Waals surface area contributed by atoms with Crippen LogP contribution in [-0.4, -0.2) is 4.57 Å². The largest absolute Gasteiger partial charge is 0.456 e. The molecule has 49 heavy (non-hydrogen) atoms. The summed E-state index contributed by atoms with van der Waals surface area (Å²) >= 11 is 0. The van der Waals surface area contributed by atoms with Crippen molar-refractivity contribution < 1.29 is 4.42 Å². The molecule has 1 aliphatic rings. The van der Waals surface area contributed by atoms with E-state index in [0.29, 0.717) is 0 Å². The standard InChI is InChI=1S/C43H35NO.2C2H6/c1-3-11-42-36(4-2)39-27-33(23-25-43(39)45-42)30-18-20-31(21-19-30)34-22-24-38-37-16-8-9-17-40(37)44(41(38)28-34)35-15-10-14-32(26-35)29-12-6-5-7-13-29;2*1-2/h3,5-7,9-15,17-28H,4,8,16H2,1-2H3;2*1-2H3/b11-3-;;. The van der Waals surface area contributed by atoms with E-state index < -0.39 is 0 Å².